The van der Waals surface area contributed by atoms with Crippen molar-refractivity contribution in [1.82, 2.24) is 0 Å². The summed E-state index contributed by atoms with van der Waals surface area (Å²) in [4.78, 5) is 45.6. The minimum Gasteiger partial charge on any atom is -0.460 e. The van der Waals surface area contributed by atoms with Crippen LogP contribution in [0.4, 0.5) is 0 Å². The molecule has 0 aliphatic rings. The van der Waals surface area contributed by atoms with Crippen LogP contribution >= 0.6 is 0 Å². The Morgan fingerprint density at radius 3 is 1.27 bits per heavy atom. The van der Waals surface area contributed by atoms with Crippen LogP contribution in [0.3, 0.4) is 0 Å². The monoisotopic (exact) mass is 314 g/mol. The van der Waals surface area contributed by atoms with Gasteiger partial charge in [-0.05, 0) is 24.7 Å². The molecule has 0 aliphatic heterocycles. The molecule has 0 amide bonds. The average Bonchev–Trinajstić information content (AvgIpc) is 2.45. The topological polar surface area (TPSA) is 86.7 Å². The summed E-state index contributed by atoms with van der Waals surface area (Å²) in [5.74, 6) is -2.53. The predicted molar refractivity (Wildman–Crippen MR) is 80.1 cm³/mol. The Balaban J connectivity index is 3.83. The maximum atomic E-state index is 11.5. The van der Waals surface area contributed by atoms with Crippen LogP contribution in [0.15, 0.2) is 0 Å². The van der Waals surface area contributed by atoms with Crippen molar-refractivity contribution in [2.24, 2.45) is 11.8 Å². The molecule has 0 aromatic carbocycles. The van der Waals surface area contributed by atoms with Crippen molar-refractivity contribution in [3.63, 3.8) is 0 Å². The van der Waals surface area contributed by atoms with Crippen LogP contribution in [0.25, 0.3) is 0 Å². The van der Waals surface area contributed by atoms with E-state index in [0.717, 1.165) is 0 Å². The Bertz CT molecular complexity index is 359. The Labute approximate surface area is 131 Å². The third-order valence-electron chi connectivity index (χ3n) is 2.61. The molecule has 22 heavy (non-hydrogen) atoms. The molecule has 0 spiro atoms. The van der Waals surface area contributed by atoms with Gasteiger partial charge >= 0.3 is 11.9 Å². The smallest absolute Gasteiger partial charge is 0.374 e. The van der Waals surface area contributed by atoms with Gasteiger partial charge in [-0.1, -0.05) is 27.7 Å². The molecular formula is C16H26O6. The number of hydrogen-bond acceptors (Lipinski definition) is 6. The molecule has 0 unspecified atom stereocenters. The first-order valence-corrected chi connectivity index (χ1v) is 7.64. The fraction of sp³-hybridized carbons (Fsp3) is 0.750. The number of rotatable bonds is 11. The summed E-state index contributed by atoms with van der Waals surface area (Å²) in [7, 11) is 0. The molecule has 6 heteroatoms. The highest BCUT2D eigenvalue weighted by atomic mass is 16.5. The van der Waals surface area contributed by atoms with Crippen LogP contribution in [0.1, 0.15) is 53.4 Å². The molecule has 0 saturated carbocycles. The molecule has 0 aliphatic carbocycles. The van der Waals surface area contributed by atoms with Crippen molar-refractivity contribution in [3.8, 4) is 0 Å². The third kappa shape index (κ3) is 10.1. The summed E-state index contributed by atoms with van der Waals surface area (Å²) in [6, 6.07) is 0. The summed E-state index contributed by atoms with van der Waals surface area (Å²) < 4.78 is 9.61. The molecule has 0 aromatic heterocycles. The molecule has 0 rings (SSSR count). The molecule has 0 heterocycles. The summed E-state index contributed by atoms with van der Waals surface area (Å²) in [5.41, 5.74) is 0. The molecule has 126 valence electrons. The second-order valence-electron chi connectivity index (χ2n) is 6.04. The minimum absolute atomic E-state index is 0.0191. The van der Waals surface area contributed by atoms with Gasteiger partial charge in [0.2, 0.25) is 11.6 Å². The summed E-state index contributed by atoms with van der Waals surface area (Å²) >= 11 is 0. The molecule has 0 bridgehead atoms. The van der Waals surface area contributed by atoms with Crippen LogP contribution in [0.2, 0.25) is 0 Å². The Kier molecular flexibility index (Phi) is 10.1. The number of carbonyl (C=O) groups is 4. The molecule has 0 fully saturated rings. The van der Waals surface area contributed by atoms with Gasteiger partial charge in [-0.3, -0.25) is 9.59 Å². The Morgan fingerprint density at radius 2 is 1.00 bits per heavy atom. The number of ether oxygens (including phenoxy) is 2. The highest BCUT2D eigenvalue weighted by molar-refractivity contribution is 6.34. The van der Waals surface area contributed by atoms with Crippen molar-refractivity contribution >= 4 is 23.5 Å². The molecule has 0 radical (unpaired) electrons. The zero-order chi connectivity index (χ0) is 17.1. The van der Waals surface area contributed by atoms with Gasteiger partial charge < -0.3 is 9.47 Å². The molecule has 0 N–H and O–H groups in total. The maximum Gasteiger partial charge on any atom is 0.374 e. The first-order chi connectivity index (χ1) is 10.2. The van der Waals surface area contributed by atoms with Gasteiger partial charge in [-0.2, -0.15) is 0 Å². The van der Waals surface area contributed by atoms with E-state index >= 15 is 0 Å². The van der Waals surface area contributed by atoms with Crippen LogP contribution in [0.5, 0.6) is 0 Å². The van der Waals surface area contributed by atoms with Crippen LogP contribution in [0, 0.1) is 11.8 Å². The van der Waals surface area contributed by atoms with Gasteiger partial charge in [0.15, 0.2) is 0 Å². The first kappa shape index (κ1) is 20.3. The van der Waals surface area contributed by atoms with E-state index < -0.39 is 23.5 Å². The van der Waals surface area contributed by atoms with E-state index in [1.807, 2.05) is 27.7 Å². The van der Waals surface area contributed by atoms with Gasteiger partial charge in [0.1, 0.15) is 0 Å². The maximum absolute atomic E-state index is 11.5. The number of hydrogen-bond donors (Lipinski definition) is 0. The van der Waals surface area contributed by atoms with Crippen molar-refractivity contribution in [2.75, 3.05) is 13.2 Å². The highest BCUT2D eigenvalue weighted by Gasteiger charge is 2.18. The van der Waals surface area contributed by atoms with E-state index in [2.05, 4.69) is 0 Å². The lowest BCUT2D eigenvalue weighted by Gasteiger charge is -2.07. The minimum atomic E-state index is -0.837. The third-order valence-corrected chi connectivity index (χ3v) is 2.61. The number of Topliss-reactive ketones (excluding diaryl/α,β-unsaturated/α-hetero) is 2. The second-order valence-corrected chi connectivity index (χ2v) is 6.04. The quantitative estimate of drug-likeness (QED) is 0.330. The Morgan fingerprint density at radius 1 is 0.682 bits per heavy atom. The Hall–Kier alpha value is -1.72. The van der Waals surface area contributed by atoms with Gasteiger partial charge in [-0.15, -0.1) is 0 Å². The van der Waals surface area contributed by atoms with E-state index in [0.29, 0.717) is 12.8 Å². The summed E-state index contributed by atoms with van der Waals surface area (Å²) in [5, 5.41) is 0. The second kappa shape index (κ2) is 10.9. The summed E-state index contributed by atoms with van der Waals surface area (Å²) in [6.45, 7) is 7.93. The van der Waals surface area contributed by atoms with Gasteiger partial charge in [-0.25, -0.2) is 9.59 Å². The first-order valence-electron chi connectivity index (χ1n) is 7.64. The lowest BCUT2D eigenvalue weighted by molar-refractivity contribution is -0.155. The fourth-order valence-corrected chi connectivity index (χ4v) is 1.42. The number of carbonyl (C=O) groups excluding carboxylic acids is 4. The molecule has 0 atom stereocenters. The molecule has 0 aromatic rings. The van der Waals surface area contributed by atoms with Crippen molar-refractivity contribution in [1.29, 1.82) is 0 Å². The largest absolute Gasteiger partial charge is 0.460 e. The van der Waals surface area contributed by atoms with Crippen molar-refractivity contribution < 1.29 is 28.7 Å². The SMILES string of the molecule is CC(C)COC(=O)C(=O)CCCCC(=O)C(=O)OCC(C)C. The van der Waals surface area contributed by atoms with E-state index in [-0.39, 0.29) is 37.9 Å². The van der Waals surface area contributed by atoms with Gasteiger partial charge in [0.05, 0.1) is 13.2 Å². The predicted octanol–water partition coefficient (Wildman–Crippen LogP) is 2.08. The van der Waals surface area contributed by atoms with E-state index in [9.17, 15) is 19.2 Å². The molecule has 6 nitrogen and oxygen atoms in total. The normalized spacial score (nSPS) is 10.6. The van der Waals surface area contributed by atoms with Gasteiger partial charge in [0, 0.05) is 12.8 Å². The van der Waals surface area contributed by atoms with E-state index in [1.165, 1.54) is 0 Å². The van der Waals surface area contributed by atoms with Crippen molar-refractivity contribution in [3.05, 3.63) is 0 Å². The average molecular weight is 314 g/mol. The molecular weight excluding hydrogens is 288 g/mol. The van der Waals surface area contributed by atoms with E-state index in [4.69, 9.17) is 9.47 Å². The summed E-state index contributed by atoms with van der Waals surface area (Å²) in [6.07, 6.45) is 0.758. The zero-order valence-corrected chi connectivity index (χ0v) is 13.8. The lowest BCUT2D eigenvalue weighted by atomic mass is 10.1. The molecule has 0 saturated heterocycles. The van der Waals surface area contributed by atoms with Crippen LogP contribution < -0.4 is 0 Å². The lowest BCUT2D eigenvalue weighted by Crippen LogP contribution is -2.20. The van der Waals surface area contributed by atoms with Crippen LogP contribution in [-0.2, 0) is 28.7 Å². The fourth-order valence-electron chi connectivity index (χ4n) is 1.42. The number of esters is 2. The zero-order valence-electron chi connectivity index (χ0n) is 13.8. The van der Waals surface area contributed by atoms with Crippen LogP contribution in [-0.4, -0.2) is 36.7 Å². The number of unbranched alkanes of at least 4 members (excludes halogenated alkanes) is 1. The van der Waals surface area contributed by atoms with Crippen molar-refractivity contribution in [2.45, 2.75) is 53.4 Å². The van der Waals surface area contributed by atoms with E-state index in [1.54, 1.807) is 0 Å². The highest BCUT2D eigenvalue weighted by Crippen LogP contribution is 2.05. The standard InChI is InChI=1S/C16H26O6/c1-11(2)9-21-15(19)13(17)7-5-6-8-14(18)16(20)22-10-12(3)4/h11-12H,5-10H2,1-4H3. The number of ketones is 2. The van der Waals surface area contributed by atoms with Gasteiger partial charge in [0.25, 0.3) is 0 Å².